The molecule has 0 aromatic heterocycles. The van der Waals surface area contributed by atoms with E-state index in [0.717, 1.165) is 22.3 Å². The first-order valence-corrected chi connectivity index (χ1v) is 12.0. The zero-order valence-electron chi connectivity index (χ0n) is 20.5. The molecule has 0 bridgehead atoms. The molecule has 0 N–H and O–H groups in total. The van der Waals surface area contributed by atoms with Gasteiger partial charge < -0.3 is 14.2 Å². The zero-order chi connectivity index (χ0) is 25.5. The van der Waals surface area contributed by atoms with Gasteiger partial charge in [-0.15, -0.1) is 0 Å². The largest absolute Gasteiger partial charge is 0.493 e. The van der Waals surface area contributed by atoms with Crippen molar-refractivity contribution in [2.24, 2.45) is 0 Å². The average molecular weight is 487 g/mol. The summed E-state index contributed by atoms with van der Waals surface area (Å²) in [4.78, 5) is 12.4. The minimum absolute atomic E-state index is 0.212. The molecule has 37 heavy (non-hydrogen) atoms. The van der Waals surface area contributed by atoms with Gasteiger partial charge in [0.2, 0.25) is 0 Å². The molecule has 0 saturated heterocycles. The third-order valence-electron chi connectivity index (χ3n) is 6.01. The minimum atomic E-state index is -0.510. The van der Waals surface area contributed by atoms with E-state index in [2.05, 4.69) is 30.3 Å². The Morgan fingerprint density at radius 2 is 1.43 bits per heavy atom. The third kappa shape index (κ3) is 5.88. The van der Waals surface area contributed by atoms with Crippen LogP contribution in [0.2, 0.25) is 0 Å². The molecule has 0 unspecified atom stereocenters. The highest BCUT2D eigenvalue weighted by Gasteiger charge is 2.12. The lowest BCUT2D eigenvalue weighted by Gasteiger charge is -2.11. The van der Waals surface area contributed by atoms with Gasteiger partial charge in [-0.05, 0) is 57.3 Å². The molecule has 5 aromatic carbocycles. The molecule has 4 nitrogen and oxygen atoms in total. The molecule has 4 heteroatoms. The molecule has 0 fully saturated rings. The fourth-order valence-corrected chi connectivity index (χ4v) is 4.12. The van der Waals surface area contributed by atoms with Gasteiger partial charge in [-0.3, -0.25) is 0 Å². The predicted molar refractivity (Wildman–Crippen MR) is 149 cm³/mol. The summed E-state index contributed by atoms with van der Waals surface area (Å²) >= 11 is 0. The molecular weight excluding hydrogens is 460 g/mol. The standard InChI is InChI=1S/C33H26O4/c1-35-32-22-24(14-16-28-12-7-11-27-10-5-6-13-30(27)28)15-21-31(32)37-33(34)23-36-29-19-17-26(18-20-29)25-8-3-2-4-9-25/h2-22H,23H2,1H3/b16-14+. The minimum Gasteiger partial charge on any atom is -0.493 e. The summed E-state index contributed by atoms with van der Waals surface area (Å²) in [7, 11) is 1.55. The van der Waals surface area contributed by atoms with Crippen LogP contribution in [0.15, 0.2) is 115 Å². The van der Waals surface area contributed by atoms with Crippen molar-refractivity contribution in [1.82, 2.24) is 0 Å². The van der Waals surface area contributed by atoms with Gasteiger partial charge >= 0.3 is 5.97 Å². The van der Waals surface area contributed by atoms with Crippen LogP contribution in [-0.2, 0) is 4.79 Å². The molecule has 0 aliphatic carbocycles. The van der Waals surface area contributed by atoms with Crippen LogP contribution in [0.5, 0.6) is 17.2 Å². The summed E-state index contributed by atoms with van der Waals surface area (Å²) < 4.78 is 16.6. The van der Waals surface area contributed by atoms with Gasteiger partial charge in [0.25, 0.3) is 0 Å². The van der Waals surface area contributed by atoms with E-state index in [1.165, 1.54) is 10.8 Å². The Morgan fingerprint density at radius 3 is 2.24 bits per heavy atom. The van der Waals surface area contributed by atoms with Crippen LogP contribution >= 0.6 is 0 Å². The maximum atomic E-state index is 12.4. The lowest BCUT2D eigenvalue weighted by atomic mass is 10.0. The molecule has 0 radical (unpaired) electrons. The third-order valence-corrected chi connectivity index (χ3v) is 6.01. The van der Waals surface area contributed by atoms with Crippen LogP contribution in [-0.4, -0.2) is 19.7 Å². The SMILES string of the molecule is COc1cc(/C=C/c2cccc3ccccc23)ccc1OC(=O)COc1ccc(-c2ccccc2)cc1. The number of carbonyl (C=O) groups excluding carboxylic acids is 1. The second-order valence-electron chi connectivity index (χ2n) is 8.47. The molecule has 5 aromatic rings. The van der Waals surface area contributed by atoms with Crippen LogP contribution in [0.1, 0.15) is 11.1 Å². The van der Waals surface area contributed by atoms with E-state index in [1.807, 2.05) is 91.0 Å². The number of hydrogen-bond acceptors (Lipinski definition) is 4. The zero-order valence-corrected chi connectivity index (χ0v) is 20.5. The van der Waals surface area contributed by atoms with Crippen molar-refractivity contribution in [3.05, 3.63) is 126 Å². The smallest absolute Gasteiger partial charge is 0.349 e. The number of esters is 1. The Morgan fingerprint density at radius 1 is 0.703 bits per heavy atom. The molecule has 0 aliphatic heterocycles. The second-order valence-corrected chi connectivity index (χ2v) is 8.47. The maximum absolute atomic E-state index is 12.4. The monoisotopic (exact) mass is 486 g/mol. The summed E-state index contributed by atoms with van der Waals surface area (Å²) in [5, 5.41) is 2.38. The molecule has 0 atom stereocenters. The van der Waals surface area contributed by atoms with Crippen LogP contribution < -0.4 is 14.2 Å². The number of benzene rings is 5. The number of hydrogen-bond donors (Lipinski definition) is 0. The normalized spacial score (nSPS) is 10.9. The van der Waals surface area contributed by atoms with E-state index in [4.69, 9.17) is 14.2 Å². The van der Waals surface area contributed by atoms with Gasteiger partial charge in [-0.1, -0.05) is 103 Å². The van der Waals surface area contributed by atoms with E-state index in [0.29, 0.717) is 17.2 Å². The highest BCUT2D eigenvalue weighted by molar-refractivity contribution is 5.92. The van der Waals surface area contributed by atoms with Crippen LogP contribution in [0.4, 0.5) is 0 Å². The predicted octanol–water partition coefficient (Wildman–Crippen LogP) is 7.67. The number of rotatable bonds is 8. The Hall–Kier alpha value is -4.83. The Bertz CT molecular complexity index is 1530. The van der Waals surface area contributed by atoms with E-state index >= 15 is 0 Å². The van der Waals surface area contributed by atoms with E-state index in [1.54, 1.807) is 13.2 Å². The van der Waals surface area contributed by atoms with Crippen LogP contribution in [0, 0.1) is 0 Å². The van der Waals surface area contributed by atoms with Gasteiger partial charge in [-0.25, -0.2) is 4.79 Å². The molecule has 0 heterocycles. The van der Waals surface area contributed by atoms with Crippen molar-refractivity contribution in [1.29, 1.82) is 0 Å². The average Bonchev–Trinajstić information content (AvgIpc) is 2.96. The van der Waals surface area contributed by atoms with Gasteiger partial charge in [-0.2, -0.15) is 0 Å². The Balaban J connectivity index is 1.21. The number of carbonyl (C=O) groups is 1. The lowest BCUT2D eigenvalue weighted by molar-refractivity contribution is -0.136. The van der Waals surface area contributed by atoms with Gasteiger partial charge in [0, 0.05) is 0 Å². The molecule has 5 rings (SSSR count). The molecule has 0 amide bonds. The van der Waals surface area contributed by atoms with Crippen LogP contribution in [0.3, 0.4) is 0 Å². The molecule has 0 saturated carbocycles. The lowest BCUT2D eigenvalue weighted by Crippen LogP contribution is -2.18. The first-order valence-electron chi connectivity index (χ1n) is 12.0. The summed E-state index contributed by atoms with van der Waals surface area (Å²) in [5.41, 5.74) is 4.26. The van der Waals surface area contributed by atoms with Crippen molar-refractivity contribution in [2.45, 2.75) is 0 Å². The van der Waals surface area contributed by atoms with Crippen LogP contribution in [0.25, 0.3) is 34.1 Å². The van der Waals surface area contributed by atoms with E-state index in [9.17, 15) is 4.79 Å². The van der Waals surface area contributed by atoms with Gasteiger partial charge in [0.1, 0.15) is 5.75 Å². The maximum Gasteiger partial charge on any atom is 0.349 e. The first kappa shape index (κ1) is 23.9. The Labute approximate surface area is 216 Å². The summed E-state index contributed by atoms with van der Waals surface area (Å²) in [6.45, 7) is -0.212. The second kappa shape index (κ2) is 11.3. The fourth-order valence-electron chi connectivity index (χ4n) is 4.12. The highest BCUT2D eigenvalue weighted by atomic mass is 16.6. The number of ether oxygens (including phenoxy) is 3. The molecule has 182 valence electrons. The van der Waals surface area contributed by atoms with Gasteiger partial charge in [0.05, 0.1) is 7.11 Å². The van der Waals surface area contributed by atoms with Crippen molar-refractivity contribution >= 4 is 28.9 Å². The summed E-state index contributed by atoms with van der Waals surface area (Å²) in [6, 6.07) is 37.6. The Kier molecular flexibility index (Phi) is 7.28. The topological polar surface area (TPSA) is 44.8 Å². The molecule has 0 spiro atoms. The van der Waals surface area contributed by atoms with Crippen molar-refractivity contribution in [3.8, 4) is 28.4 Å². The van der Waals surface area contributed by atoms with Crippen molar-refractivity contribution in [3.63, 3.8) is 0 Å². The number of methoxy groups -OCH3 is 1. The number of fused-ring (bicyclic) bond motifs is 1. The first-order chi connectivity index (χ1) is 18.2. The quantitative estimate of drug-likeness (QED) is 0.128. The van der Waals surface area contributed by atoms with E-state index < -0.39 is 5.97 Å². The van der Waals surface area contributed by atoms with E-state index in [-0.39, 0.29) is 6.61 Å². The van der Waals surface area contributed by atoms with Crippen molar-refractivity contribution in [2.75, 3.05) is 13.7 Å². The molecule has 0 aliphatic rings. The van der Waals surface area contributed by atoms with Gasteiger partial charge in [0.15, 0.2) is 18.1 Å². The van der Waals surface area contributed by atoms with Crippen molar-refractivity contribution < 1.29 is 19.0 Å². The summed E-state index contributed by atoms with van der Waals surface area (Å²) in [5.74, 6) is 0.903. The highest BCUT2D eigenvalue weighted by Crippen LogP contribution is 2.30. The molecular formula is C33H26O4. The fraction of sp³-hybridized carbons (Fsp3) is 0.0606. The summed E-state index contributed by atoms with van der Waals surface area (Å²) in [6.07, 6.45) is 4.08.